The van der Waals surface area contributed by atoms with Gasteiger partial charge in [-0.1, -0.05) is 36.4 Å². The fraction of sp³-hybridized carbons (Fsp3) is 0.391. The Morgan fingerprint density at radius 1 is 0.900 bits per heavy atom. The van der Waals surface area contributed by atoms with Gasteiger partial charge in [-0.05, 0) is 43.5 Å². The summed E-state index contributed by atoms with van der Waals surface area (Å²) in [7, 11) is 1.68. The maximum absolute atomic E-state index is 12.0. The summed E-state index contributed by atoms with van der Waals surface area (Å²) in [4.78, 5) is 16.2. The van der Waals surface area contributed by atoms with Gasteiger partial charge >= 0.3 is 0 Å². The SMILES string of the molecule is CCOc1ccc(CCNC(=NC)NCC(=O)NCc2ccccc2)cc1OCC. The van der Waals surface area contributed by atoms with E-state index in [2.05, 4.69) is 20.9 Å². The molecule has 0 spiro atoms. The van der Waals surface area contributed by atoms with Crippen molar-refractivity contribution in [1.82, 2.24) is 16.0 Å². The molecule has 7 nitrogen and oxygen atoms in total. The van der Waals surface area contributed by atoms with E-state index < -0.39 is 0 Å². The van der Waals surface area contributed by atoms with Crippen molar-refractivity contribution in [1.29, 1.82) is 0 Å². The summed E-state index contributed by atoms with van der Waals surface area (Å²) in [6, 6.07) is 15.8. The number of hydrogen-bond acceptors (Lipinski definition) is 4. The highest BCUT2D eigenvalue weighted by Crippen LogP contribution is 2.28. The van der Waals surface area contributed by atoms with Crippen LogP contribution in [0.15, 0.2) is 53.5 Å². The predicted octanol–water partition coefficient (Wildman–Crippen LogP) is 2.51. The highest BCUT2D eigenvalue weighted by Gasteiger charge is 2.07. The van der Waals surface area contributed by atoms with Crippen LogP contribution in [0.5, 0.6) is 11.5 Å². The molecule has 0 heterocycles. The van der Waals surface area contributed by atoms with E-state index >= 15 is 0 Å². The molecule has 1 amide bonds. The highest BCUT2D eigenvalue weighted by molar-refractivity contribution is 5.86. The van der Waals surface area contributed by atoms with Gasteiger partial charge in [0.1, 0.15) is 0 Å². The van der Waals surface area contributed by atoms with Crippen molar-refractivity contribution < 1.29 is 14.3 Å². The Balaban J connectivity index is 1.74. The first kappa shape index (κ1) is 23.1. The fourth-order valence-corrected chi connectivity index (χ4v) is 2.82. The molecular weight excluding hydrogens is 380 g/mol. The predicted molar refractivity (Wildman–Crippen MR) is 120 cm³/mol. The largest absolute Gasteiger partial charge is 0.490 e. The molecule has 0 fully saturated rings. The maximum Gasteiger partial charge on any atom is 0.239 e. The monoisotopic (exact) mass is 412 g/mol. The Hall–Kier alpha value is -3.22. The van der Waals surface area contributed by atoms with Crippen LogP contribution in [-0.2, 0) is 17.8 Å². The van der Waals surface area contributed by atoms with Crippen LogP contribution in [-0.4, -0.2) is 45.2 Å². The van der Waals surface area contributed by atoms with E-state index in [-0.39, 0.29) is 12.5 Å². The summed E-state index contributed by atoms with van der Waals surface area (Å²) in [5.74, 6) is 2.01. The third-order valence-electron chi connectivity index (χ3n) is 4.29. The Bertz CT molecular complexity index is 809. The number of hydrogen-bond donors (Lipinski definition) is 3. The van der Waals surface area contributed by atoms with Crippen LogP contribution in [0.2, 0.25) is 0 Å². The lowest BCUT2D eigenvalue weighted by Gasteiger charge is -2.14. The molecular formula is C23H32N4O3. The third-order valence-corrected chi connectivity index (χ3v) is 4.29. The molecule has 0 saturated heterocycles. The van der Waals surface area contributed by atoms with Crippen LogP contribution >= 0.6 is 0 Å². The standard InChI is InChI=1S/C23H32N4O3/c1-4-29-20-12-11-18(15-21(20)30-5-2)13-14-25-23(24-3)27-17-22(28)26-16-19-9-7-6-8-10-19/h6-12,15H,4-5,13-14,16-17H2,1-3H3,(H,26,28)(H2,24,25,27). The zero-order valence-electron chi connectivity index (χ0n) is 18.0. The normalized spacial score (nSPS) is 11.0. The number of ether oxygens (including phenoxy) is 2. The number of nitrogens with one attached hydrogen (secondary N) is 3. The minimum absolute atomic E-state index is 0.0883. The van der Waals surface area contributed by atoms with Crippen LogP contribution in [0.1, 0.15) is 25.0 Å². The van der Waals surface area contributed by atoms with E-state index in [0.717, 1.165) is 29.0 Å². The molecule has 0 unspecified atom stereocenters. The molecule has 0 aliphatic carbocycles. The van der Waals surface area contributed by atoms with E-state index in [1.54, 1.807) is 7.05 Å². The molecule has 3 N–H and O–H groups in total. The minimum Gasteiger partial charge on any atom is -0.490 e. The molecule has 0 aliphatic heterocycles. The van der Waals surface area contributed by atoms with Gasteiger partial charge < -0.3 is 25.4 Å². The Morgan fingerprint density at radius 2 is 1.63 bits per heavy atom. The molecule has 0 aliphatic rings. The van der Waals surface area contributed by atoms with Gasteiger partial charge in [0.15, 0.2) is 17.5 Å². The minimum atomic E-state index is -0.0883. The summed E-state index contributed by atoms with van der Waals surface area (Å²) in [6.07, 6.45) is 0.785. The molecule has 2 rings (SSSR count). The third kappa shape index (κ3) is 8.03. The van der Waals surface area contributed by atoms with Crippen LogP contribution in [0.25, 0.3) is 0 Å². The van der Waals surface area contributed by atoms with E-state index in [9.17, 15) is 4.79 Å². The Labute approximate surface area is 178 Å². The lowest BCUT2D eigenvalue weighted by molar-refractivity contribution is -0.120. The lowest BCUT2D eigenvalue weighted by Crippen LogP contribution is -2.43. The summed E-state index contributed by atoms with van der Waals surface area (Å²) in [5, 5.41) is 9.14. The van der Waals surface area contributed by atoms with E-state index in [4.69, 9.17) is 9.47 Å². The average molecular weight is 413 g/mol. The summed E-state index contributed by atoms with van der Waals surface area (Å²) in [5.41, 5.74) is 2.19. The molecule has 0 atom stereocenters. The second-order valence-electron chi connectivity index (χ2n) is 6.51. The van der Waals surface area contributed by atoms with Crippen molar-refractivity contribution in [2.45, 2.75) is 26.8 Å². The molecule has 30 heavy (non-hydrogen) atoms. The molecule has 2 aromatic carbocycles. The first-order valence-corrected chi connectivity index (χ1v) is 10.3. The number of benzene rings is 2. The second kappa shape index (κ2) is 13.1. The summed E-state index contributed by atoms with van der Waals surface area (Å²) >= 11 is 0. The molecule has 0 bridgehead atoms. The molecule has 162 valence electrons. The lowest BCUT2D eigenvalue weighted by atomic mass is 10.1. The van der Waals surface area contributed by atoms with Gasteiger partial charge in [0.25, 0.3) is 0 Å². The maximum atomic E-state index is 12.0. The molecule has 7 heteroatoms. The van der Waals surface area contributed by atoms with Gasteiger partial charge in [-0.3, -0.25) is 9.79 Å². The topological polar surface area (TPSA) is 84.0 Å². The van der Waals surface area contributed by atoms with Gasteiger partial charge in [0.05, 0.1) is 19.8 Å². The molecule has 0 aromatic heterocycles. The summed E-state index contributed by atoms with van der Waals surface area (Å²) < 4.78 is 11.3. The van der Waals surface area contributed by atoms with E-state index in [1.165, 1.54) is 0 Å². The average Bonchev–Trinajstić information content (AvgIpc) is 2.77. The number of rotatable bonds is 11. The highest BCUT2D eigenvalue weighted by atomic mass is 16.5. The first-order chi connectivity index (χ1) is 14.7. The zero-order valence-corrected chi connectivity index (χ0v) is 18.0. The van der Waals surface area contributed by atoms with Crippen LogP contribution in [0, 0.1) is 0 Å². The Kier molecular flexibility index (Phi) is 10.1. The molecule has 0 saturated carbocycles. The Morgan fingerprint density at radius 3 is 2.33 bits per heavy atom. The van der Waals surface area contributed by atoms with Gasteiger partial charge in [0.2, 0.25) is 5.91 Å². The number of carbonyl (C=O) groups excluding carboxylic acids is 1. The van der Waals surface area contributed by atoms with Gasteiger partial charge in [-0.15, -0.1) is 0 Å². The number of guanidine groups is 1. The van der Waals surface area contributed by atoms with E-state index in [0.29, 0.717) is 32.3 Å². The van der Waals surface area contributed by atoms with Crippen molar-refractivity contribution in [2.24, 2.45) is 4.99 Å². The smallest absolute Gasteiger partial charge is 0.239 e. The van der Waals surface area contributed by atoms with E-state index in [1.807, 2.05) is 62.4 Å². The van der Waals surface area contributed by atoms with Gasteiger partial charge in [-0.2, -0.15) is 0 Å². The second-order valence-corrected chi connectivity index (χ2v) is 6.51. The van der Waals surface area contributed by atoms with Crippen molar-refractivity contribution in [3.63, 3.8) is 0 Å². The summed E-state index contributed by atoms with van der Waals surface area (Å²) in [6.45, 7) is 6.43. The van der Waals surface area contributed by atoms with Crippen LogP contribution in [0.3, 0.4) is 0 Å². The van der Waals surface area contributed by atoms with Crippen molar-refractivity contribution in [3.8, 4) is 11.5 Å². The van der Waals surface area contributed by atoms with Crippen molar-refractivity contribution in [3.05, 3.63) is 59.7 Å². The number of carbonyl (C=O) groups is 1. The first-order valence-electron chi connectivity index (χ1n) is 10.3. The van der Waals surface area contributed by atoms with Crippen LogP contribution < -0.4 is 25.4 Å². The number of amides is 1. The van der Waals surface area contributed by atoms with Gasteiger partial charge in [-0.25, -0.2) is 0 Å². The number of nitrogens with zero attached hydrogens (tertiary/aromatic N) is 1. The van der Waals surface area contributed by atoms with Crippen molar-refractivity contribution >= 4 is 11.9 Å². The van der Waals surface area contributed by atoms with Gasteiger partial charge in [0, 0.05) is 20.1 Å². The fourth-order valence-electron chi connectivity index (χ4n) is 2.82. The quantitative estimate of drug-likeness (QED) is 0.390. The zero-order chi connectivity index (χ0) is 21.6. The molecule has 0 radical (unpaired) electrons. The molecule has 2 aromatic rings. The number of aliphatic imine (C=N–C) groups is 1. The van der Waals surface area contributed by atoms with Crippen molar-refractivity contribution in [2.75, 3.05) is 33.4 Å². The van der Waals surface area contributed by atoms with Crippen LogP contribution in [0.4, 0.5) is 0 Å².